The third-order valence-electron chi connectivity index (χ3n) is 3.83. The summed E-state index contributed by atoms with van der Waals surface area (Å²) in [5.41, 5.74) is 1.46. The molecule has 7 heteroatoms. The van der Waals surface area contributed by atoms with E-state index in [1.54, 1.807) is 13.0 Å². The Hall–Kier alpha value is -2.15. The van der Waals surface area contributed by atoms with E-state index in [4.69, 9.17) is 9.26 Å². The molecule has 2 aromatic rings. The number of ether oxygens (including phenoxy) is 1. The first-order valence-corrected chi connectivity index (χ1v) is 8.38. The van der Waals surface area contributed by atoms with Crippen LogP contribution in [0.15, 0.2) is 10.6 Å². The van der Waals surface area contributed by atoms with Crippen molar-refractivity contribution in [3.63, 3.8) is 0 Å². The Bertz CT molecular complexity index is 758. The van der Waals surface area contributed by atoms with Gasteiger partial charge in [0.15, 0.2) is 5.69 Å². The molecular weight excluding hydrogens is 316 g/mol. The lowest BCUT2D eigenvalue weighted by Crippen LogP contribution is -2.15. The molecule has 0 radical (unpaired) electrons. The van der Waals surface area contributed by atoms with Gasteiger partial charge in [0.25, 0.3) is 5.91 Å². The largest absolute Gasteiger partial charge is 0.462 e. The lowest BCUT2D eigenvalue weighted by molar-refractivity contribution is 0.0527. The Labute approximate surface area is 137 Å². The van der Waals surface area contributed by atoms with Crippen molar-refractivity contribution < 1.29 is 18.8 Å². The van der Waals surface area contributed by atoms with Gasteiger partial charge in [-0.25, -0.2) is 4.79 Å². The van der Waals surface area contributed by atoms with Crippen molar-refractivity contribution in [1.82, 2.24) is 5.16 Å². The van der Waals surface area contributed by atoms with Crippen LogP contribution in [0.2, 0.25) is 0 Å². The summed E-state index contributed by atoms with van der Waals surface area (Å²) >= 11 is 1.35. The van der Waals surface area contributed by atoms with Gasteiger partial charge in [0.05, 0.1) is 12.2 Å². The molecule has 0 unspecified atom stereocenters. The summed E-state index contributed by atoms with van der Waals surface area (Å²) in [5, 5.41) is 7.06. The monoisotopic (exact) mass is 334 g/mol. The maximum absolute atomic E-state index is 12.3. The second kappa shape index (κ2) is 6.16. The number of rotatable bonds is 5. The van der Waals surface area contributed by atoms with Gasteiger partial charge in [-0.3, -0.25) is 4.79 Å². The van der Waals surface area contributed by atoms with Gasteiger partial charge in [0, 0.05) is 16.9 Å². The lowest BCUT2D eigenvalue weighted by Gasteiger charge is -2.05. The Morgan fingerprint density at radius 2 is 2.17 bits per heavy atom. The smallest absolute Gasteiger partial charge is 0.341 e. The van der Waals surface area contributed by atoms with Crippen LogP contribution in [0.5, 0.6) is 0 Å². The van der Waals surface area contributed by atoms with Crippen molar-refractivity contribution in [1.29, 1.82) is 0 Å². The van der Waals surface area contributed by atoms with Crippen molar-refractivity contribution >= 4 is 28.2 Å². The number of nitrogens with one attached hydrogen (secondary N) is 1. The van der Waals surface area contributed by atoms with Crippen LogP contribution in [-0.2, 0) is 4.74 Å². The van der Waals surface area contributed by atoms with Gasteiger partial charge in [-0.2, -0.15) is 0 Å². The average molecular weight is 334 g/mol. The number of hydrogen-bond donors (Lipinski definition) is 1. The Balaban J connectivity index is 1.82. The minimum absolute atomic E-state index is 0.227. The third-order valence-corrected chi connectivity index (χ3v) is 4.96. The summed E-state index contributed by atoms with van der Waals surface area (Å²) in [6, 6.07) is 1.67. The molecule has 1 aliphatic carbocycles. The Kier molecular flexibility index (Phi) is 4.21. The van der Waals surface area contributed by atoms with Crippen molar-refractivity contribution in [2.24, 2.45) is 0 Å². The van der Waals surface area contributed by atoms with Gasteiger partial charge in [-0.1, -0.05) is 5.16 Å². The summed E-state index contributed by atoms with van der Waals surface area (Å²) in [6.07, 6.45) is 2.15. The molecule has 3 rings (SSSR count). The van der Waals surface area contributed by atoms with Gasteiger partial charge < -0.3 is 14.6 Å². The van der Waals surface area contributed by atoms with E-state index < -0.39 is 5.97 Å². The van der Waals surface area contributed by atoms with E-state index in [2.05, 4.69) is 10.5 Å². The summed E-state index contributed by atoms with van der Waals surface area (Å²) in [5.74, 6) is 0.334. The molecule has 23 heavy (non-hydrogen) atoms. The fourth-order valence-corrected chi connectivity index (χ4v) is 3.33. The molecule has 2 heterocycles. The van der Waals surface area contributed by atoms with Crippen LogP contribution >= 0.6 is 11.3 Å². The first-order chi connectivity index (χ1) is 11.0. The highest BCUT2D eigenvalue weighted by Gasteiger charge is 2.29. The summed E-state index contributed by atoms with van der Waals surface area (Å²) in [7, 11) is 0. The highest BCUT2D eigenvalue weighted by Crippen LogP contribution is 2.40. The van der Waals surface area contributed by atoms with Gasteiger partial charge in [0.2, 0.25) is 0 Å². The molecule has 0 atom stereocenters. The molecule has 0 saturated heterocycles. The van der Waals surface area contributed by atoms with Gasteiger partial charge in [-0.15, -0.1) is 11.3 Å². The van der Waals surface area contributed by atoms with E-state index in [9.17, 15) is 9.59 Å². The molecule has 0 bridgehead atoms. The number of hydrogen-bond acceptors (Lipinski definition) is 6. The molecule has 1 aliphatic rings. The normalized spacial score (nSPS) is 13.9. The second-order valence-corrected chi connectivity index (χ2v) is 6.78. The number of nitrogens with zero attached hydrogens (tertiary/aromatic N) is 1. The number of aromatic nitrogens is 1. The zero-order valence-electron chi connectivity index (χ0n) is 13.3. The number of anilines is 1. The molecular formula is C16H18N2O4S. The van der Waals surface area contributed by atoms with Crippen LogP contribution in [-0.4, -0.2) is 23.6 Å². The van der Waals surface area contributed by atoms with Crippen LogP contribution in [0.4, 0.5) is 5.00 Å². The van der Waals surface area contributed by atoms with Crippen molar-refractivity contribution in [3.8, 4) is 0 Å². The zero-order chi connectivity index (χ0) is 16.6. The maximum Gasteiger partial charge on any atom is 0.341 e. The summed E-state index contributed by atoms with van der Waals surface area (Å²) < 4.78 is 10.3. The first kappa shape index (κ1) is 15.7. The molecule has 0 aliphatic heterocycles. The van der Waals surface area contributed by atoms with Gasteiger partial charge in [-0.05, 0) is 39.2 Å². The van der Waals surface area contributed by atoms with E-state index in [1.807, 2.05) is 13.8 Å². The number of aryl methyl sites for hydroxylation is 1. The molecule has 0 spiro atoms. The van der Waals surface area contributed by atoms with Crippen molar-refractivity contribution in [2.75, 3.05) is 11.9 Å². The Morgan fingerprint density at radius 1 is 1.43 bits per heavy atom. The van der Waals surface area contributed by atoms with Crippen LogP contribution in [0, 0.1) is 13.8 Å². The number of thiophene rings is 1. The predicted molar refractivity (Wildman–Crippen MR) is 86.2 cm³/mol. The second-order valence-electron chi connectivity index (χ2n) is 5.55. The van der Waals surface area contributed by atoms with Crippen molar-refractivity contribution in [2.45, 2.75) is 39.5 Å². The van der Waals surface area contributed by atoms with Crippen LogP contribution in [0.25, 0.3) is 0 Å². The van der Waals surface area contributed by atoms with E-state index >= 15 is 0 Å². The van der Waals surface area contributed by atoms with Crippen LogP contribution < -0.4 is 5.32 Å². The third kappa shape index (κ3) is 3.14. The highest BCUT2D eigenvalue weighted by molar-refractivity contribution is 7.16. The first-order valence-electron chi connectivity index (χ1n) is 7.56. The fraction of sp³-hybridized carbons (Fsp3) is 0.438. The highest BCUT2D eigenvalue weighted by atomic mass is 32.1. The number of carbonyl (C=O) groups excluding carboxylic acids is 2. The molecule has 6 nitrogen and oxygen atoms in total. The molecule has 1 amide bonds. The van der Waals surface area contributed by atoms with Crippen LogP contribution in [0.1, 0.15) is 62.7 Å². The van der Waals surface area contributed by atoms with E-state index in [0.29, 0.717) is 16.5 Å². The maximum atomic E-state index is 12.3. The molecule has 2 aromatic heterocycles. The lowest BCUT2D eigenvalue weighted by atomic mass is 10.1. The number of carbonyl (C=O) groups is 2. The van der Waals surface area contributed by atoms with E-state index in [-0.39, 0.29) is 18.2 Å². The Morgan fingerprint density at radius 3 is 2.83 bits per heavy atom. The fourth-order valence-electron chi connectivity index (χ4n) is 2.29. The minimum atomic E-state index is -0.427. The molecule has 1 fully saturated rings. The molecule has 1 saturated carbocycles. The topological polar surface area (TPSA) is 81.4 Å². The quantitative estimate of drug-likeness (QED) is 0.844. The zero-order valence-corrected chi connectivity index (χ0v) is 14.1. The van der Waals surface area contributed by atoms with Crippen LogP contribution in [0.3, 0.4) is 0 Å². The summed E-state index contributed by atoms with van der Waals surface area (Å²) in [6.45, 7) is 5.78. The summed E-state index contributed by atoms with van der Waals surface area (Å²) in [4.78, 5) is 25.4. The molecule has 122 valence electrons. The van der Waals surface area contributed by atoms with E-state index in [1.165, 1.54) is 11.3 Å². The van der Waals surface area contributed by atoms with Gasteiger partial charge >= 0.3 is 5.97 Å². The van der Waals surface area contributed by atoms with Gasteiger partial charge in [0.1, 0.15) is 10.8 Å². The van der Waals surface area contributed by atoms with E-state index in [0.717, 1.165) is 29.0 Å². The average Bonchev–Trinajstić information content (AvgIpc) is 3.16. The standard InChI is InChI=1S/C16H18N2O4S/c1-4-21-16(20)13-8(2)9(3)23-15(13)17-14(19)11-7-12(22-18-11)10-5-6-10/h7,10H,4-6H2,1-3H3,(H,17,19). The minimum Gasteiger partial charge on any atom is -0.462 e. The molecule has 0 aromatic carbocycles. The molecule has 1 N–H and O–H groups in total. The number of amides is 1. The number of esters is 1. The van der Waals surface area contributed by atoms with Crippen molar-refractivity contribution in [3.05, 3.63) is 33.5 Å². The SMILES string of the molecule is CCOC(=O)c1c(NC(=O)c2cc(C3CC3)on2)sc(C)c1C. The predicted octanol–water partition coefficient (Wildman–Crippen LogP) is 3.66.